The predicted octanol–water partition coefficient (Wildman–Crippen LogP) is 6.33. The van der Waals surface area contributed by atoms with Crippen LogP contribution >= 0.6 is 0 Å². The minimum absolute atomic E-state index is 0.0313. The van der Waals surface area contributed by atoms with Gasteiger partial charge in [0.25, 0.3) is 11.8 Å². The highest BCUT2D eigenvalue weighted by molar-refractivity contribution is 6.12. The van der Waals surface area contributed by atoms with Gasteiger partial charge in [0.1, 0.15) is 0 Å². The lowest BCUT2D eigenvalue weighted by Crippen LogP contribution is -2.16. The molecule has 0 bridgehead atoms. The standard InChI is InChI=1S/C28H22N4O6.C14H12N2O4/c29-21-7-3-1-5-17(21)25(33)31-23-11-9-15(13-19(23)27(35)36)16-10-12-24(20(14-16)28(37)38)32-26(34)18-6-2-4-8-22(18)30;15-11-3-1-7(5-9(11)13(17)18)8-2-4-12(16)10(6-8)14(19)20/h1-14H,29-30H2,(H,31,33)(H,32,34)(H,35,36)(H,37,38);1-6H,15-16H2,(H,17,18)(H,19,20). The Bertz CT molecular complexity index is 2460. The summed E-state index contributed by atoms with van der Waals surface area (Å²) < 4.78 is 0. The maximum atomic E-state index is 12.6. The van der Waals surface area contributed by atoms with Crippen LogP contribution in [-0.4, -0.2) is 56.1 Å². The summed E-state index contributed by atoms with van der Waals surface area (Å²) in [6.45, 7) is 0. The first-order valence-corrected chi connectivity index (χ1v) is 16.9. The molecule has 0 aliphatic rings. The van der Waals surface area contributed by atoms with E-state index in [0.717, 1.165) is 0 Å². The van der Waals surface area contributed by atoms with Gasteiger partial charge in [-0.25, -0.2) is 19.2 Å². The van der Waals surface area contributed by atoms with Crippen molar-refractivity contribution in [3.63, 3.8) is 0 Å². The van der Waals surface area contributed by atoms with Crippen LogP contribution in [0.25, 0.3) is 22.3 Å². The van der Waals surface area contributed by atoms with Crippen molar-refractivity contribution in [2.45, 2.75) is 0 Å². The average Bonchev–Trinajstić information content (AvgIpc) is 3.18. The number of carbonyl (C=O) groups is 6. The number of hydrogen-bond acceptors (Lipinski definition) is 10. The van der Waals surface area contributed by atoms with Crippen molar-refractivity contribution in [1.82, 2.24) is 0 Å². The zero-order valence-corrected chi connectivity index (χ0v) is 30.1. The van der Waals surface area contributed by atoms with Crippen molar-refractivity contribution in [1.29, 1.82) is 0 Å². The van der Waals surface area contributed by atoms with E-state index in [1.165, 1.54) is 60.7 Å². The lowest BCUT2D eigenvalue weighted by atomic mass is 9.98. The molecule has 0 saturated heterocycles. The third kappa shape index (κ3) is 9.16. The molecular weight excluding hydrogens is 748 g/mol. The maximum Gasteiger partial charge on any atom is 0.337 e. The van der Waals surface area contributed by atoms with Crippen molar-refractivity contribution in [2.75, 3.05) is 33.6 Å². The monoisotopic (exact) mass is 782 g/mol. The van der Waals surface area contributed by atoms with Crippen LogP contribution in [-0.2, 0) is 0 Å². The van der Waals surface area contributed by atoms with Crippen LogP contribution in [0.3, 0.4) is 0 Å². The smallest absolute Gasteiger partial charge is 0.337 e. The Morgan fingerprint density at radius 1 is 0.345 bits per heavy atom. The molecule has 0 aliphatic carbocycles. The summed E-state index contributed by atoms with van der Waals surface area (Å²) in [6.07, 6.45) is 0. The minimum atomic E-state index is -1.30. The molecule has 0 heterocycles. The van der Waals surface area contributed by atoms with Crippen LogP contribution in [0.4, 0.5) is 34.1 Å². The fourth-order valence-corrected chi connectivity index (χ4v) is 5.65. The Hall–Kier alpha value is -8.66. The fourth-order valence-electron chi connectivity index (χ4n) is 5.65. The zero-order chi connectivity index (χ0) is 42.3. The summed E-state index contributed by atoms with van der Waals surface area (Å²) in [4.78, 5) is 71.3. The lowest BCUT2D eigenvalue weighted by Gasteiger charge is -2.14. The number of benzene rings is 6. The van der Waals surface area contributed by atoms with Gasteiger partial charge in [-0.2, -0.15) is 0 Å². The molecule has 6 aromatic rings. The van der Waals surface area contributed by atoms with E-state index in [1.54, 1.807) is 60.7 Å². The number of para-hydroxylation sites is 2. The fraction of sp³-hybridized carbons (Fsp3) is 0. The molecule has 292 valence electrons. The van der Waals surface area contributed by atoms with Crippen molar-refractivity contribution in [3.8, 4) is 22.3 Å². The number of anilines is 6. The van der Waals surface area contributed by atoms with Crippen LogP contribution in [0.5, 0.6) is 0 Å². The third-order valence-electron chi connectivity index (χ3n) is 8.64. The molecule has 0 fully saturated rings. The number of hydrogen-bond donors (Lipinski definition) is 10. The Morgan fingerprint density at radius 3 is 0.931 bits per heavy atom. The summed E-state index contributed by atoms with van der Waals surface area (Å²) in [5.74, 6) is -6.04. The predicted molar refractivity (Wildman–Crippen MR) is 218 cm³/mol. The van der Waals surface area contributed by atoms with Gasteiger partial charge in [-0.3, -0.25) is 9.59 Å². The van der Waals surface area contributed by atoms with Crippen LogP contribution < -0.4 is 33.6 Å². The Labute approximate surface area is 329 Å². The van der Waals surface area contributed by atoms with E-state index >= 15 is 0 Å². The largest absolute Gasteiger partial charge is 0.478 e. The molecule has 0 saturated carbocycles. The number of carboxylic acid groups (broad SMARTS) is 4. The molecule has 16 nitrogen and oxygen atoms in total. The van der Waals surface area contributed by atoms with Crippen molar-refractivity contribution in [3.05, 3.63) is 155 Å². The number of carbonyl (C=O) groups excluding carboxylic acids is 2. The van der Waals surface area contributed by atoms with Crippen LogP contribution in [0.15, 0.2) is 121 Å². The molecule has 0 unspecified atom stereocenters. The average molecular weight is 783 g/mol. The molecule has 0 radical (unpaired) electrons. The Kier molecular flexibility index (Phi) is 12.0. The second kappa shape index (κ2) is 17.2. The van der Waals surface area contributed by atoms with E-state index in [-0.39, 0.29) is 67.5 Å². The first-order chi connectivity index (χ1) is 27.5. The normalized spacial score (nSPS) is 10.3. The van der Waals surface area contributed by atoms with Crippen LogP contribution in [0, 0.1) is 0 Å². The van der Waals surface area contributed by atoms with Crippen LogP contribution in [0.2, 0.25) is 0 Å². The molecule has 0 atom stereocenters. The highest BCUT2D eigenvalue weighted by atomic mass is 16.4. The summed E-state index contributed by atoms with van der Waals surface area (Å²) in [7, 11) is 0. The second-order valence-electron chi connectivity index (χ2n) is 12.4. The second-order valence-corrected chi connectivity index (χ2v) is 12.4. The third-order valence-corrected chi connectivity index (χ3v) is 8.64. The van der Waals surface area contributed by atoms with E-state index < -0.39 is 35.7 Å². The van der Waals surface area contributed by atoms with Gasteiger partial charge in [-0.15, -0.1) is 0 Å². The highest BCUT2D eigenvalue weighted by Gasteiger charge is 2.20. The number of rotatable bonds is 10. The van der Waals surface area contributed by atoms with Gasteiger partial charge in [-0.1, -0.05) is 48.5 Å². The quantitative estimate of drug-likeness (QED) is 0.0679. The minimum Gasteiger partial charge on any atom is -0.478 e. The van der Waals surface area contributed by atoms with Crippen molar-refractivity contribution in [2.24, 2.45) is 0 Å². The van der Waals surface area contributed by atoms with E-state index in [4.69, 9.17) is 33.1 Å². The number of nitrogen functional groups attached to an aromatic ring is 4. The number of nitrogens with two attached hydrogens (primary N) is 4. The number of carboxylic acids is 4. The lowest BCUT2D eigenvalue weighted by molar-refractivity contribution is 0.0686. The van der Waals surface area contributed by atoms with Gasteiger partial charge in [0.2, 0.25) is 0 Å². The van der Waals surface area contributed by atoms with Crippen LogP contribution in [0.1, 0.15) is 62.1 Å². The van der Waals surface area contributed by atoms with Crippen molar-refractivity contribution >= 4 is 69.8 Å². The van der Waals surface area contributed by atoms with Gasteiger partial charge in [-0.05, 0) is 95.1 Å². The summed E-state index contributed by atoms with van der Waals surface area (Å²) in [6, 6.07) is 30.2. The van der Waals surface area contributed by atoms with E-state index in [2.05, 4.69) is 10.6 Å². The van der Waals surface area contributed by atoms with Gasteiger partial charge in [0.05, 0.1) is 44.8 Å². The highest BCUT2D eigenvalue weighted by Crippen LogP contribution is 2.31. The molecule has 0 aliphatic heterocycles. The molecule has 14 N–H and O–H groups in total. The first kappa shape index (κ1) is 40.5. The maximum absolute atomic E-state index is 12.6. The van der Waals surface area contributed by atoms with Gasteiger partial charge >= 0.3 is 23.9 Å². The Morgan fingerprint density at radius 2 is 0.621 bits per heavy atom. The molecule has 16 heteroatoms. The SMILES string of the molecule is Nc1ccc(-c2ccc(N)c(C(=O)O)c2)cc1C(=O)O.Nc1ccccc1C(=O)Nc1ccc(-c2ccc(NC(=O)c3ccccc3N)c(C(=O)O)c2)cc1C(=O)O. The van der Waals surface area contributed by atoms with E-state index in [0.29, 0.717) is 22.3 Å². The molecule has 6 rings (SSSR count). The number of amides is 2. The van der Waals surface area contributed by atoms with Gasteiger partial charge < -0.3 is 54.0 Å². The first-order valence-electron chi connectivity index (χ1n) is 16.9. The van der Waals surface area contributed by atoms with E-state index in [1.807, 2.05) is 0 Å². The van der Waals surface area contributed by atoms with Gasteiger partial charge in [0, 0.05) is 22.7 Å². The summed E-state index contributed by atoms with van der Waals surface area (Å²) in [5, 5.41) is 42.7. The molecule has 0 aromatic heterocycles. The Balaban J connectivity index is 0.000000269. The molecule has 58 heavy (non-hydrogen) atoms. The van der Waals surface area contributed by atoms with Gasteiger partial charge in [0.15, 0.2) is 0 Å². The topological polar surface area (TPSA) is 311 Å². The zero-order valence-electron chi connectivity index (χ0n) is 30.1. The number of aromatic carboxylic acids is 4. The molecular formula is C42H34N6O10. The molecule has 0 spiro atoms. The summed E-state index contributed by atoms with van der Waals surface area (Å²) in [5.41, 5.74) is 25.4. The molecule has 2 amide bonds. The van der Waals surface area contributed by atoms with Crippen molar-refractivity contribution < 1.29 is 49.2 Å². The summed E-state index contributed by atoms with van der Waals surface area (Å²) >= 11 is 0. The van der Waals surface area contributed by atoms with E-state index in [9.17, 15) is 39.0 Å². The molecule has 6 aromatic carbocycles. The number of nitrogens with one attached hydrogen (secondary N) is 2.